The highest BCUT2D eigenvalue weighted by atomic mass is 16.3. The molecule has 0 radical (unpaired) electrons. The molecule has 0 atom stereocenters. The van der Waals surface area contributed by atoms with Crippen molar-refractivity contribution < 1.29 is 30.6 Å². The van der Waals surface area contributed by atoms with E-state index in [0.29, 0.717) is 43.9 Å². The van der Waals surface area contributed by atoms with Gasteiger partial charge in [0.2, 0.25) is 0 Å². The maximum Gasteiger partial charge on any atom is 0.137 e. The number of benzene rings is 2. The van der Waals surface area contributed by atoms with Crippen LogP contribution in [-0.2, 0) is 0 Å². The third-order valence-electron chi connectivity index (χ3n) is 5.55. The molecule has 0 fully saturated rings. The van der Waals surface area contributed by atoms with Gasteiger partial charge in [0, 0.05) is 24.5 Å². The van der Waals surface area contributed by atoms with Gasteiger partial charge in [0.25, 0.3) is 0 Å². The summed E-state index contributed by atoms with van der Waals surface area (Å²) in [7, 11) is 0. The monoisotopic (exact) mass is 475 g/mol. The minimum atomic E-state index is -0.346. The van der Waals surface area contributed by atoms with Crippen LogP contribution in [0.3, 0.4) is 0 Å². The Hall–Kier alpha value is -3.48. The summed E-state index contributed by atoms with van der Waals surface area (Å²) < 4.78 is 0. The Morgan fingerprint density at radius 2 is 1.35 bits per heavy atom. The fraction of sp³-hybridized carbons (Fsp3) is 0.455. The second kappa shape index (κ2) is 11.6. The largest absolute Gasteiger partial charge is 0.507 e. The molecule has 184 valence electrons. The number of aromatic hydroxyl groups is 4. The lowest BCUT2D eigenvalue weighted by Gasteiger charge is -2.25. The van der Waals surface area contributed by atoms with Crippen LogP contribution in [0.1, 0.15) is 24.0 Å². The Bertz CT molecular complexity index is 1100. The number of hydrogen-bond acceptors (Lipinski definition) is 11. The van der Waals surface area contributed by atoms with Gasteiger partial charge in [-0.15, -0.1) is 4.91 Å². The summed E-state index contributed by atoms with van der Waals surface area (Å²) in [6, 6.07) is 2.44. The van der Waals surface area contributed by atoms with Crippen LogP contribution < -0.4 is 5.32 Å². The smallest absolute Gasteiger partial charge is 0.137 e. The quantitative estimate of drug-likeness (QED) is 0.105. The van der Waals surface area contributed by atoms with Gasteiger partial charge in [-0.25, -0.2) is 0 Å². The normalized spacial score (nSPS) is 15.7. The number of fused-ring (bicyclic) bond motifs is 2. The summed E-state index contributed by atoms with van der Waals surface area (Å²) in [4.78, 5) is 19.9. The summed E-state index contributed by atoms with van der Waals surface area (Å²) in [5, 5.41) is 67.6. The van der Waals surface area contributed by atoms with E-state index in [-0.39, 0.29) is 77.7 Å². The highest BCUT2D eigenvalue weighted by molar-refractivity contribution is 6.25. The van der Waals surface area contributed by atoms with Crippen LogP contribution >= 0.6 is 0 Å². The molecule has 7 N–H and O–H groups in total. The summed E-state index contributed by atoms with van der Waals surface area (Å²) in [5.74, 6) is -1.31. The highest BCUT2D eigenvalue weighted by Gasteiger charge is 2.31. The molecular formula is C22H29N5O7. The fourth-order valence-electron chi connectivity index (χ4n) is 4.00. The number of hydrogen-bond donors (Lipinski definition) is 7. The number of nitrogens with one attached hydrogen (secondary N) is 1. The first kappa shape index (κ1) is 25.1. The first-order valence-corrected chi connectivity index (χ1v) is 10.9. The average Bonchev–Trinajstić information content (AvgIpc) is 2.83. The van der Waals surface area contributed by atoms with Crippen molar-refractivity contribution >= 4 is 22.2 Å². The second-order valence-electron chi connectivity index (χ2n) is 7.69. The van der Waals surface area contributed by atoms with Crippen molar-refractivity contribution in [1.82, 2.24) is 10.3 Å². The predicted molar refractivity (Wildman–Crippen MR) is 127 cm³/mol. The lowest BCUT2D eigenvalue weighted by atomic mass is 9.84. The van der Waals surface area contributed by atoms with E-state index in [4.69, 9.17) is 10.2 Å². The summed E-state index contributed by atoms with van der Waals surface area (Å²) in [6.45, 7) is 1.38. The third kappa shape index (κ3) is 5.19. The van der Waals surface area contributed by atoms with Crippen molar-refractivity contribution in [2.75, 3.05) is 52.5 Å². The van der Waals surface area contributed by atoms with Crippen LogP contribution in [0.5, 0.6) is 23.0 Å². The van der Waals surface area contributed by atoms with Crippen molar-refractivity contribution in [3.63, 3.8) is 0 Å². The SMILES string of the molecule is O=NN(CCO)CCN=C1CCC(=NCCNCCO)c2c1c(O)c1c(O)ccc(O)c1c2O. The first-order chi connectivity index (χ1) is 16.4. The number of nitroso groups, excluding NO2 is 1. The van der Waals surface area contributed by atoms with Crippen LogP contribution in [0.2, 0.25) is 0 Å². The molecule has 0 saturated carbocycles. The van der Waals surface area contributed by atoms with Crippen molar-refractivity contribution in [1.29, 1.82) is 0 Å². The summed E-state index contributed by atoms with van der Waals surface area (Å²) in [5.41, 5.74) is 1.37. The Kier molecular flexibility index (Phi) is 8.57. The molecule has 0 spiro atoms. The summed E-state index contributed by atoms with van der Waals surface area (Å²) in [6.07, 6.45) is 0.776. The molecule has 0 bridgehead atoms. The minimum absolute atomic E-state index is 0.00198. The summed E-state index contributed by atoms with van der Waals surface area (Å²) >= 11 is 0. The first-order valence-electron chi connectivity index (χ1n) is 10.9. The molecule has 2 aromatic rings. The Balaban J connectivity index is 2.09. The molecular weight excluding hydrogens is 446 g/mol. The number of aliphatic hydroxyl groups excluding tert-OH is 2. The zero-order chi connectivity index (χ0) is 24.7. The predicted octanol–water partition coefficient (Wildman–Crippen LogP) is 0.592. The standard InChI is InChI=1S/C22H29N5O7/c28-11-8-23-5-6-24-13-1-2-14(25-7-9-27(26-34)10-12-29)18-17(13)21(32)19-15(30)3-4-16(31)20(19)22(18)33/h3-4,23,28-33H,1-2,5-12H2. The van der Waals surface area contributed by atoms with Gasteiger partial charge in [-0.1, -0.05) is 0 Å². The Labute approximate surface area is 195 Å². The maximum atomic E-state index is 11.1. The molecule has 0 heterocycles. The Morgan fingerprint density at radius 1 is 0.794 bits per heavy atom. The third-order valence-corrected chi connectivity index (χ3v) is 5.55. The van der Waals surface area contributed by atoms with Crippen molar-refractivity contribution in [2.45, 2.75) is 12.8 Å². The van der Waals surface area contributed by atoms with Crippen LogP contribution in [0, 0.1) is 4.91 Å². The van der Waals surface area contributed by atoms with E-state index < -0.39 is 0 Å². The van der Waals surface area contributed by atoms with E-state index in [1.807, 2.05) is 0 Å². The molecule has 0 unspecified atom stereocenters. The van der Waals surface area contributed by atoms with Gasteiger partial charge in [-0.2, -0.15) is 0 Å². The van der Waals surface area contributed by atoms with E-state index in [0.717, 1.165) is 5.01 Å². The van der Waals surface area contributed by atoms with E-state index in [1.165, 1.54) is 12.1 Å². The van der Waals surface area contributed by atoms with Crippen molar-refractivity contribution in [3.8, 4) is 23.0 Å². The molecule has 0 amide bonds. The van der Waals surface area contributed by atoms with Crippen LogP contribution in [0.15, 0.2) is 27.4 Å². The van der Waals surface area contributed by atoms with Gasteiger partial charge in [0.15, 0.2) is 0 Å². The number of phenolic OH excluding ortho intramolecular Hbond substituents is 4. The zero-order valence-corrected chi connectivity index (χ0v) is 18.6. The molecule has 1 aliphatic carbocycles. The number of aliphatic imine (C=N–C) groups is 2. The van der Waals surface area contributed by atoms with Gasteiger partial charge >= 0.3 is 0 Å². The number of phenols is 4. The van der Waals surface area contributed by atoms with E-state index >= 15 is 0 Å². The second-order valence-corrected chi connectivity index (χ2v) is 7.69. The average molecular weight is 476 g/mol. The van der Waals surface area contributed by atoms with Crippen LogP contribution in [0.25, 0.3) is 10.8 Å². The van der Waals surface area contributed by atoms with Gasteiger partial charge < -0.3 is 36.0 Å². The van der Waals surface area contributed by atoms with Crippen molar-refractivity contribution in [2.24, 2.45) is 15.3 Å². The fourth-order valence-corrected chi connectivity index (χ4v) is 4.00. The van der Waals surface area contributed by atoms with Gasteiger partial charge in [0.1, 0.15) is 23.0 Å². The topological polar surface area (TPSA) is 191 Å². The lowest BCUT2D eigenvalue weighted by Crippen LogP contribution is -2.25. The molecule has 34 heavy (non-hydrogen) atoms. The van der Waals surface area contributed by atoms with Gasteiger partial charge in [0.05, 0.1) is 66.6 Å². The Morgan fingerprint density at radius 3 is 1.85 bits per heavy atom. The lowest BCUT2D eigenvalue weighted by molar-refractivity contribution is 0.203. The molecule has 2 aromatic carbocycles. The minimum Gasteiger partial charge on any atom is -0.507 e. The molecule has 1 aliphatic rings. The molecule has 0 aliphatic heterocycles. The molecule has 0 aromatic heterocycles. The number of aliphatic hydroxyl groups is 2. The van der Waals surface area contributed by atoms with E-state index in [9.17, 15) is 25.3 Å². The zero-order valence-electron chi connectivity index (χ0n) is 18.6. The van der Waals surface area contributed by atoms with E-state index in [2.05, 4.69) is 20.6 Å². The molecule has 12 nitrogen and oxygen atoms in total. The maximum absolute atomic E-state index is 11.1. The molecule has 0 saturated heterocycles. The number of nitrogens with zero attached hydrogens (tertiary/aromatic N) is 4. The van der Waals surface area contributed by atoms with Crippen molar-refractivity contribution in [3.05, 3.63) is 28.2 Å². The molecule has 12 heteroatoms. The van der Waals surface area contributed by atoms with Crippen LogP contribution in [-0.4, -0.2) is 99.6 Å². The van der Waals surface area contributed by atoms with Gasteiger partial charge in [-0.05, 0) is 25.0 Å². The highest BCUT2D eigenvalue weighted by Crippen LogP contribution is 2.49. The molecule has 3 rings (SSSR count). The van der Waals surface area contributed by atoms with E-state index in [1.54, 1.807) is 0 Å². The number of rotatable bonds is 11. The van der Waals surface area contributed by atoms with Gasteiger partial charge in [-0.3, -0.25) is 15.0 Å². The van der Waals surface area contributed by atoms with Crippen LogP contribution in [0.4, 0.5) is 0 Å².